The average molecular weight is 343 g/mol. The number of hydrogen-bond donors (Lipinski definition) is 1. The Morgan fingerprint density at radius 3 is 2.52 bits per heavy atom. The third kappa shape index (κ3) is 4.03. The minimum Gasteiger partial charge on any atom is -0.370 e. The zero-order valence-corrected chi connectivity index (χ0v) is 14.0. The fraction of sp³-hybridized carbons (Fsp3) is 0.588. The second-order valence-corrected chi connectivity index (χ2v) is 6.38. The van der Waals surface area contributed by atoms with E-state index in [1.165, 1.54) is 12.1 Å². The number of benzene rings is 1. The topological polar surface area (TPSA) is 55.6 Å². The minimum absolute atomic E-state index is 0. The highest BCUT2D eigenvalue weighted by atomic mass is 35.5. The zero-order valence-electron chi connectivity index (χ0n) is 13.2. The molecule has 1 aromatic carbocycles. The van der Waals surface area contributed by atoms with E-state index in [0.29, 0.717) is 19.7 Å². The number of amides is 1. The lowest BCUT2D eigenvalue weighted by Crippen LogP contribution is -2.58. The SMILES string of the molecule is Cl.NC1(C(=O)N2CCOC(c3ccc(F)cc3)C2)CCCCC1. The van der Waals surface area contributed by atoms with Gasteiger partial charge in [-0.2, -0.15) is 0 Å². The molecule has 2 fully saturated rings. The Bertz CT molecular complexity index is 532. The molecule has 23 heavy (non-hydrogen) atoms. The number of rotatable bonds is 2. The lowest BCUT2D eigenvalue weighted by molar-refractivity contribution is -0.146. The molecule has 1 aliphatic carbocycles. The Kier molecular flexibility index (Phi) is 6.00. The van der Waals surface area contributed by atoms with Crippen LogP contribution in [0, 0.1) is 5.82 Å². The number of halogens is 2. The Balaban J connectivity index is 0.00000192. The van der Waals surface area contributed by atoms with Crippen LogP contribution in [0.2, 0.25) is 0 Å². The number of nitrogens with two attached hydrogens (primary N) is 1. The third-order valence-electron chi connectivity index (χ3n) is 4.77. The molecule has 0 aromatic heterocycles. The van der Waals surface area contributed by atoms with Crippen LogP contribution in [-0.2, 0) is 9.53 Å². The molecule has 128 valence electrons. The Labute approximate surface area is 142 Å². The summed E-state index contributed by atoms with van der Waals surface area (Å²) in [5.74, 6) is -0.224. The smallest absolute Gasteiger partial charge is 0.242 e. The van der Waals surface area contributed by atoms with Crippen LogP contribution in [0.3, 0.4) is 0 Å². The van der Waals surface area contributed by atoms with Gasteiger partial charge in [-0.25, -0.2) is 4.39 Å². The van der Waals surface area contributed by atoms with Gasteiger partial charge in [0, 0.05) is 6.54 Å². The molecule has 1 saturated heterocycles. The van der Waals surface area contributed by atoms with E-state index < -0.39 is 5.54 Å². The van der Waals surface area contributed by atoms with Crippen LogP contribution in [0.5, 0.6) is 0 Å². The second kappa shape index (κ2) is 7.60. The maximum Gasteiger partial charge on any atom is 0.242 e. The number of morpholine rings is 1. The number of ether oxygens (including phenoxy) is 1. The summed E-state index contributed by atoms with van der Waals surface area (Å²) < 4.78 is 18.8. The van der Waals surface area contributed by atoms with Gasteiger partial charge in [-0.05, 0) is 30.5 Å². The van der Waals surface area contributed by atoms with Crippen LogP contribution in [0.4, 0.5) is 4.39 Å². The summed E-state index contributed by atoms with van der Waals surface area (Å²) in [5.41, 5.74) is 6.55. The van der Waals surface area contributed by atoms with Crippen molar-refractivity contribution in [1.29, 1.82) is 0 Å². The summed E-state index contributed by atoms with van der Waals surface area (Å²) in [4.78, 5) is 14.6. The van der Waals surface area contributed by atoms with Crippen LogP contribution in [0.25, 0.3) is 0 Å². The van der Waals surface area contributed by atoms with E-state index in [1.807, 2.05) is 4.90 Å². The Morgan fingerprint density at radius 2 is 1.87 bits per heavy atom. The van der Waals surface area contributed by atoms with Crippen LogP contribution in [-0.4, -0.2) is 36.0 Å². The van der Waals surface area contributed by atoms with Crippen molar-refractivity contribution in [3.8, 4) is 0 Å². The summed E-state index contributed by atoms with van der Waals surface area (Å²) in [5, 5.41) is 0. The van der Waals surface area contributed by atoms with E-state index in [0.717, 1.165) is 37.7 Å². The normalized spacial score (nSPS) is 23.9. The zero-order chi connectivity index (χ0) is 15.6. The molecule has 4 nitrogen and oxygen atoms in total. The van der Waals surface area contributed by atoms with Gasteiger partial charge in [0.1, 0.15) is 11.9 Å². The number of carbonyl (C=O) groups is 1. The maximum atomic E-state index is 13.0. The molecule has 6 heteroatoms. The summed E-state index contributed by atoms with van der Waals surface area (Å²) in [6.45, 7) is 1.56. The fourth-order valence-electron chi connectivity index (χ4n) is 3.42. The molecule has 0 bridgehead atoms. The van der Waals surface area contributed by atoms with Crippen molar-refractivity contribution in [2.24, 2.45) is 5.73 Å². The van der Waals surface area contributed by atoms with Crippen LogP contribution in [0.1, 0.15) is 43.8 Å². The highest BCUT2D eigenvalue weighted by molar-refractivity contribution is 5.86. The predicted octanol–water partition coefficient (Wildman–Crippen LogP) is 2.81. The third-order valence-corrected chi connectivity index (χ3v) is 4.77. The largest absolute Gasteiger partial charge is 0.370 e. The van der Waals surface area contributed by atoms with Crippen molar-refractivity contribution in [1.82, 2.24) is 4.90 Å². The molecule has 1 unspecified atom stereocenters. The fourth-order valence-corrected chi connectivity index (χ4v) is 3.42. The summed E-state index contributed by atoms with van der Waals surface area (Å²) in [6.07, 6.45) is 4.54. The molecule has 0 radical (unpaired) electrons. The quantitative estimate of drug-likeness (QED) is 0.899. The van der Waals surface area contributed by atoms with Crippen LogP contribution >= 0.6 is 12.4 Å². The Hall–Kier alpha value is -1.17. The molecule has 2 N–H and O–H groups in total. The number of hydrogen-bond acceptors (Lipinski definition) is 3. The van der Waals surface area contributed by atoms with Crippen molar-refractivity contribution in [3.63, 3.8) is 0 Å². The molecule has 1 heterocycles. The molecular weight excluding hydrogens is 319 g/mol. The van der Waals surface area contributed by atoms with Crippen molar-refractivity contribution in [2.45, 2.75) is 43.7 Å². The van der Waals surface area contributed by atoms with E-state index >= 15 is 0 Å². The molecule has 0 spiro atoms. The highest BCUT2D eigenvalue weighted by Gasteiger charge is 2.40. The second-order valence-electron chi connectivity index (χ2n) is 6.38. The molecule has 1 atom stereocenters. The van der Waals surface area contributed by atoms with E-state index in [2.05, 4.69) is 0 Å². The van der Waals surface area contributed by atoms with Gasteiger partial charge in [-0.15, -0.1) is 12.4 Å². The van der Waals surface area contributed by atoms with Gasteiger partial charge in [0.2, 0.25) is 5.91 Å². The van der Waals surface area contributed by atoms with Gasteiger partial charge in [0.15, 0.2) is 0 Å². The van der Waals surface area contributed by atoms with Crippen molar-refractivity contribution < 1.29 is 13.9 Å². The Morgan fingerprint density at radius 1 is 1.22 bits per heavy atom. The first kappa shape index (κ1) is 18.2. The van der Waals surface area contributed by atoms with E-state index in [4.69, 9.17) is 10.5 Å². The summed E-state index contributed by atoms with van der Waals surface area (Å²) in [7, 11) is 0. The van der Waals surface area contributed by atoms with Gasteiger partial charge in [0.25, 0.3) is 0 Å². The first-order valence-electron chi connectivity index (χ1n) is 8.04. The van der Waals surface area contributed by atoms with Crippen molar-refractivity contribution >= 4 is 18.3 Å². The van der Waals surface area contributed by atoms with E-state index in [-0.39, 0.29) is 30.2 Å². The molecule has 1 saturated carbocycles. The molecule has 1 aliphatic heterocycles. The molecule has 3 rings (SSSR count). The van der Waals surface area contributed by atoms with Gasteiger partial charge >= 0.3 is 0 Å². The molecular formula is C17H24ClFN2O2. The highest BCUT2D eigenvalue weighted by Crippen LogP contribution is 2.30. The number of nitrogens with zero attached hydrogens (tertiary/aromatic N) is 1. The monoisotopic (exact) mass is 342 g/mol. The summed E-state index contributed by atoms with van der Waals surface area (Å²) >= 11 is 0. The van der Waals surface area contributed by atoms with Crippen molar-refractivity contribution in [3.05, 3.63) is 35.6 Å². The van der Waals surface area contributed by atoms with E-state index in [9.17, 15) is 9.18 Å². The average Bonchev–Trinajstić information content (AvgIpc) is 2.56. The summed E-state index contributed by atoms with van der Waals surface area (Å²) in [6, 6.07) is 6.27. The maximum absolute atomic E-state index is 13.0. The first-order chi connectivity index (χ1) is 10.6. The van der Waals surface area contributed by atoms with Crippen molar-refractivity contribution in [2.75, 3.05) is 19.7 Å². The minimum atomic E-state index is -0.705. The first-order valence-corrected chi connectivity index (χ1v) is 8.04. The van der Waals surface area contributed by atoms with Crippen LogP contribution in [0.15, 0.2) is 24.3 Å². The lowest BCUT2D eigenvalue weighted by Gasteiger charge is -2.40. The van der Waals surface area contributed by atoms with E-state index in [1.54, 1.807) is 12.1 Å². The predicted molar refractivity (Wildman–Crippen MR) is 88.9 cm³/mol. The van der Waals surface area contributed by atoms with Gasteiger partial charge in [0.05, 0.1) is 18.7 Å². The van der Waals surface area contributed by atoms with Gasteiger partial charge in [-0.3, -0.25) is 4.79 Å². The lowest BCUT2D eigenvalue weighted by atomic mass is 9.81. The number of carbonyl (C=O) groups excluding carboxylic acids is 1. The standard InChI is InChI=1S/C17H23FN2O2.ClH/c18-14-6-4-13(5-7-14)15-12-20(10-11-22-15)16(21)17(19)8-2-1-3-9-17;/h4-7,15H,1-3,8-12,19H2;1H. The molecule has 1 aromatic rings. The molecule has 1 amide bonds. The van der Waals surface area contributed by atoms with Crippen LogP contribution < -0.4 is 5.73 Å². The van der Waals surface area contributed by atoms with Gasteiger partial charge < -0.3 is 15.4 Å². The van der Waals surface area contributed by atoms with Gasteiger partial charge in [-0.1, -0.05) is 31.4 Å². The molecule has 2 aliphatic rings.